The van der Waals surface area contributed by atoms with Crippen LogP contribution in [0.15, 0.2) is 76.9 Å². The highest BCUT2D eigenvalue weighted by atomic mass is 32.2. The molecule has 0 atom stereocenters. The number of aliphatic imine (C=N–C) groups is 1. The van der Waals surface area contributed by atoms with Crippen molar-refractivity contribution in [3.05, 3.63) is 88.6 Å². The summed E-state index contributed by atoms with van der Waals surface area (Å²) in [5.41, 5.74) is 5.22. The van der Waals surface area contributed by atoms with Gasteiger partial charge in [0.1, 0.15) is 0 Å². The summed E-state index contributed by atoms with van der Waals surface area (Å²) in [4.78, 5) is 17.5. The van der Waals surface area contributed by atoms with Crippen LogP contribution in [-0.4, -0.2) is 15.6 Å². The first-order chi connectivity index (χ1) is 13.1. The first kappa shape index (κ1) is 17.4. The summed E-state index contributed by atoms with van der Waals surface area (Å²) < 4.78 is 2.04. The number of rotatable bonds is 3. The van der Waals surface area contributed by atoms with Gasteiger partial charge in [-0.3, -0.25) is 4.79 Å². The van der Waals surface area contributed by atoms with Crippen molar-refractivity contribution < 1.29 is 4.79 Å². The van der Waals surface area contributed by atoms with Gasteiger partial charge >= 0.3 is 0 Å². The lowest BCUT2D eigenvalue weighted by Gasteiger charge is -2.00. The molecular weight excluding hydrogens is 354 g/mol. The molecule has 1 aliphatic rings. The molecule has 4 rings (SSSR count). The van der Waals surface area contributed by atoms with Crippen molar-refractivity contribution in [2.45, 2.75) is 13.8 Å². The van der Waals surface area contributed by atoms with Gasteiger partial charge in [0.15, 0.2) is 5.17 Å². The van der Waals surface area contributed by atoms with Crippen molar-refractivity contribution in [1.82, 2.24) is 9.88 Å². The number of benzene rings is 2. The second-order valence-electron chi connectivity index (χ2n) is 6.52. The van der Waals surface area contributed by atoms with Gasteiger partial charge in [0.05, 0.1) is 10.6 Å². The van der Waals surface area contributed by atoms with Crippen LogP contribution in [-0.2, 0) is 4.79 Å². The summed E-state index contributed by atoms with van der Waals surface area (Å²) in [5.74, 6) is -0.115. The number of para-hydroxylation sites is 1. The molecule has 1 aliphatic heterocycles. The Labute approximate surface area is 162 Å². The standard InChI is InChI=1S/C22H19N3OS/c1-15-10-16(2)12-18(11-15)23-22-24-21(26)20(27-22)13-17-8-9-25(14-17)19-6-4-3-5-7-19/h3-14H,1-2H3,(H,23,24,26)/b20-13+. The maximum absolute atomic E-state index is 12.3. The number of nitrogens with one attached hydrogen (secondary N) is 1. The van der Waals surface area contributed by atoms with E-state index < -0.39 is 0 Å². The molecule has 1 N–H and O–H groups in total. The first-order valence-corrected chi connectivity index (χ1v) is 9.50. The highest BCUT2D eigenvalue weighted by Gasteiger charge is 2.24. The molecule has 0 saturated carbocycles. The van der Waals surface area contributed by atoms with Crippen molar-refractivity contribution in [2.24, 2.45) is 4.99 Å². The van der Waals surface area contributed by atoms with Crippen molar-refractivity contribution in [3.63, 3.8) is 0 Å². The lowest BCUT2D eigenvalue weighted by molar-refractivity contribution is -0.115. The second kappa shape index (κ2) is 7.29. The van der Waals surface area contributed by atoms with Gasteiger partial charge in [-0.1, -0.05) is 24.3 Å². The molecule has 27 heavy (non-hydrogen) atoms. The van der Waals surface area contributed by atoms with Crippen LogP contribution in [0.4, 0.5) is 5.69 Å². The highest BCUT2D eigenvalue weighted by molar-refractivity contribution is 8.18. The summed E-state index contributed by atoms with van der Waals surface area (Å²) in [6.45, 7) is 4.08. The van der Waals surface area contributed by atoms with E-state index in [-0.39, 0.29) is 5.91 Å². The molecule has 3 aromatic rings. The Morgan fingerprint density at radius 1 is 1.04 bits per heavy atom. The zero-order chi connectivity index (χ0) is 18.8. The van der Waals surface area contributed by atoms with Crippen molar-refractivity contribution in [1.29, 1.82) is 0 Å². The summed E-state index contributed by atoms with van der Waals surface area (Å²) in [7, 11) is 0. The molecule has 4 nitrogen and oxygen atoms in total. The van der Waals surface area contributed by atoms with Crippen LogP contribution in [0.3, 0.4) is 0 Å². The topological polar surface area (TPSA) is 46.4 Å². The van der Waals surface area contributed by atoms with E-state index >= 15 is 0 Å². The van der Waals surface area contributed by atoms with Crippen LogP contribution < -0.4 is 5.32 Å². The minimum Gasteiger partial charge on any atom is -0.323 e. The van der Waals surface area contributed by atoms with Crippen LogP contribution in [0.2, 0.25) is 0 Å². The van der Waals surface area contributed by atoms with E-state index in [1.807, 2.05) is 85.4 Å². The maximum atomic E-state index is 12.3. The van der Waals surface area contributed by atoms with Gasteiger partial charge in [0, 0.05) is 18.1 Å². The molecule has 0 radical (unpaired) electrons. The fraction of sp³-hybridized carbons (Fsp3) is 0.0909. The molecule has 5 heteroatoms. The van der Waals surface area contributed by atoms with E-state index in [1.165, 1.54) is 11.8 Å². The van der Waals surface area contributed by atoms with E-state index in [4.69, 9.17) is 0 Å². The van der Waals surface area contributed by atoms with Gasteiger partial charge < -0.3 is 9.88 Å². The number of aryl methyl sites for hydroxylation is 2. The average molecular weight is 373 g/mol. The lowest BCUT2D eigenvalue weighted by Crippen LogP contribution is -2.19. The molecule has 1 fully saturated rings. The predicted molar refractivity (Wildman–Crippen MR) is 112 cm³/mol. The number of amides is 1. The SMILES string of the molecule is Cc1cc(C)cc(N=C2NC(=O)/C(=C\c3ccn(-c4ccccc4)c3)S2)c1. The van der Waals surface area contributed by atoms with E-state index in [1.54, 1.807) is 0 Å². The number of amidine groups is 1. The number of hydrogen-bond donors (Lipinski definition) is 1. The molecule has 0 unspecified atom stereocenters. The highest BCUT2D eigenvalue weighted by Crippen LogP contribution is 2.29. The van der Waals surface area contributed by atoms with Crippen LogP contribution in [0.5, 0.6) is 0 Å². The quantitative estimate of drug-likeness (QED) is 0.658. The van der Waals surface area contributed by atoms with E-state index in [0.717, 1.165) is 28.1 Å². The molecule has 0 spiro atoms. The van der Waals surface area contributed by atoms with Gasteiger partial charge in [-0.25, -0.2) is 4.99 Å². The van der Waals surface area contributed by atoms with E-state index in [9.17, 15) is 4.79 Å². The number of hydrogen-bond acceptors (Lipinski definition) is 3. The summed E-state index contributed by atoms with van der Waals surface area (Å²) in [5, 5.41) is 3.46. The Morgan fingerprint density at radius 2 is 1.78 bits per heavy atom. The summed E-state index contributed by atoms with van der Waals surface area (Å²) in [6, 6.07) is 18.2. The number of carbonyl (C=O) groups excluding carboxylic acids is 1. The smallest absolute Gasteiger partial charge is 0.264 e. The number of nitrogens with zero attached hydrogens (tertiary/aromatic N) is 2. The van der Waals surface area contributed by atoms with Crippen LogP contribution >= 0.6 is 11.8 Å². The molecule has 134 valence electrons. The van der Waals surface area contributed by atoms with Gasteiger partial charge in [-0.15, -0.1) is 0 Å². The van der Waals surface area contributed by atoms with Crippen molar-refractivity contribution in [3.8, 4) is 5.69 Å². The Balaban J connectivity index is 1.56. The normalized spacial score (nSPS) is 16.9. The Morgan fingerprint density at radius 3 is 2.52 bits per heavy atom. The van der Waals surface area contributed by atoms with Gasteiger partial charge in [0.2, 0.25) is 0 Å². The molecule has 1 aromatic heterocycles. The lowest BCUT2D eigenvalue weighted by atomic mass is 10.1. The number of thioether (sulfide) groups is 1. The minimum atomic E-state index is -0.115. The van der Waals surface area contributed by atoms with Gasteiger partial charge in [-0.2, -0.15) is 0 Å². The summed E-state index contributed by atoms with van der Waals surface area (Å²) >= 11 is 1.37. The molecule has 1 saturated heterocycles. The molecule has 0 aliphatic carbocycles. The summed E-state index contributed by atoms with van der Waals surface area (Å²) in [6.07, 6.45) is 5.89. The largest absolute Gasteiger partial charge is 0.323 e. The Hall–Kier alpha value is -3.05. The van der Waals surface area contributed by atoms with E-state index in [2.05, 4.69) is 16.4 Å². The van der Waals surface area contributed by atoms with Gasteiger partial charge in [-0.05, 0) is 78.7 Å². The number of carbonyl (C=O) groups is 1. The molecule has 2 aromatic carbocycles. The van der Waals surface area contributed by atoms with Crippen molar-refractivity contribution >= 4 is 34.6 Å². The zero-order valence-electron chi connectivity index (χ0n) is 15.1. The van der Waals surface area contributed by atoms with Crippen LogP contribution in [0.25, 0.3) is 11.8 Å². The first-order valence-electron chi connectivity index (χ1n) is 8.68. The fourth-order valence-electron chi connectivity index (χ4n) is 3.02. The predicted octanol–water partition coefficient (Wildman–Crippen LogP) is 4.99. The molecular formula is C22H19N3OS. The molecule has 2 heterocycles. The molecule has 0 bridgehead atoms. The third-order valence-electron chi connectivity index (χ3n) is 4.16. The minimum absolute atomic E-state index is 0.115. The van der Waals surface area contributed by atoms with Crippen LogP contribution in [0, 0.1) is 13.8 Å². The third kappa shape index (κ3) is 4.04. The monoisotopic (exact) mass is 373 g/mol. The second-order valence-corrected chi connectivity index (χ2v) is 7.55. The fourth-order valence-corrected chi connectivity index (χ4v) is 3.87. The van der Waals surface area contributed by atoms with Gasteiger partial charge in [0.25, 0.3) is 5.91 Å². The van der Waals surface area contributed by atoms with Crippen molar-refractivity contribution in [2.75, 3.05) is 0 Å². The number of aromatic nitrogens is 1. The third-order valence-corrected chi connectivity index (χ3v) is 5.07. The Kier molecular flexibility index (Phi) is 4.69. The molecule has 1 amide bonds. The maximum Gasteiger partial charge on any atom is 0.264 e. The zero-order valence-corrected chi connectivity index (χ0v) is 16.0. The van der Waals surface area contributed by atoms with Crippen LogP contribution in [0.1, 0.15) is 16.7 Å². The average Bonchev–Trinajstić information content (AvgIpc) is 3.22. The van der Waals surface area contributed by atoms with E-state index in [0.29, 0.717) is 10.1 Å². The Bertz CT molecular complexity index is 1040.